The van der Waals surface area contributed by atoms with Gasteiger partial charge in [0, 0.05) is 13.1 Å². The van der Waals surface area contributed by atoms with Crippen LogP contribution in [0.3, 0.4) is 0 Å². The van der Waals surface area contributed by atoms with E-state index in [1.807, 2.05) is 0 Å². The first-order valence-corrected chi connectivity index (χ1v) is 6.28. The lowest BCUT2D eigenvalue weighted by Crippen LogP contribution is -2.26. The van der Waals surface area contributed by atoms with Gasteiger partial charge in [-0.1, -0.05) is 32.0 Å². The molecule has 0 spiro atoms. The van der Waals surface area contributed by atoms with Gasteiger partial charge >= 0.3 is 0 Å². The van der Waals surface area contributed by atoms with Crippen molar-refractivity contribution < 1.29 is 0 Å². The number of hydrogen-bond donors (Lipinski definition) is 2. The van der Waals surface area contributed by atoms with Crippen molar-refractivity contribution in [2.75, 3.05) is 13.1 Å². The second kappa shape index (κ2) is 5.46. The summed E-state index contributed by atoms with van der Waals surface area (Å²) in [5.74, 6) is 0.723. The molecule has 2 rings (SSSR count). The highest BCUT2D eigenvalue weighted by Gasteiger charge is 2.11. The van der Waals surface area contributed by atoms with Crippen molar-refractivity contribution in [2.45, 2.75) is 33.4 Å². The summed E-state index contributed by atoms with van der Waals surface area (Å²) in [5, 5.41) is 6.95. The van der Waals surface area contributed by atoms with Gasteiger partial charge in [0.2, 0.25) is 0 Å². The van der Waals surface area contributed by atoms with Crippen molar-refractivity contribution in [2.24, 2.45) is 5.92 Å². The predicted molar refractivity (Wildman–Crippen MR) is 68.4 cm³/mol. The highest BCUT2D eigenvalue weighted by molar-refractivity contribution is 5.36. The van der Waals surface area contributed by atoms with Crippen LogP contribution in [0.15, 0.2) is 18.2 Å². The topological polar surface area (TPSA) is 24.1 Å². The Hall–Kier alpha value is -0.860. The molecule has 0 saturated heterocycles. The van der Waals surface area contributed by atoms with E-state index in [2.05, 4.69) is 42.7 Å². The lowest BCUT2D eigenvalue weighted by Gasteiger charge is -2.20. The summed E-state index contributed by atoms with van der Waals surface area (Å²) in [6.45, 7) is 8.76. The maximum Gasteiger partial charge on any atom is 0.0208 e. The van der Waals surface area contributed by atoms with Crippen molar-refractivity contribution in [1.82, 2.24) is 10.6 Å². The van der Waals surface area contributed by atoms with Crippen LogP contribution in [0.4, 0.5) is 0 Å². The number of benzene rings is 1. The molecule has 2 nitrogen and oxygen atoms in total. The minimum absolute atomic E-state index is 0.723. The number of hydrogen-bond acceptors (Lipinski definition) is 2. The van der Waals surface area contributed by atoms with Crippen LogP contribution in [0.1, 0.15) is 30.5 Å². The van der Waals surface area contributed by atoms with Gasteiger partial charge in [-0.05, 0) is 42.1 Å². The molecule has 88 valence electrons. The lowest BCUT2D eigenvalue weighted by molar-refractivity contribution is 0.548. The van der Waals surface area contributed by atoms with Gasteiger partial charge in [-0.25, -0.2) is 0 Å². The molecule has 1 aromatic carbocycles. The van der Waals surface area contributed by atoms with E-state index < -0.39 is 0 Å². The molecule has 2 N–H and O–H groups in total. The Bertz CT molecular complexity index is 345. The Morgan fingerprint density at radius 2 is 2.25 bits per heavy atom. The molecule has 0 unspecified atom stereocenters. The van der Waals surface area contributed by atoms with Crippen LogP contribution in [-0.2, 0) is 19.5 Å². The first-order chi connectivity index (χ1) is 7.77. The summed E-state index contributed by atoms with van der Waals surface area (Å²) in [6.07, 6.45) is 1.18. The third kappa shape index (κ3) is 2.83. The molecule has 1 heterocycles. The molecular weight excluding hydrogens is 196 g/mol. The number of rotatable bonds is 4. The summed E-state index contributed by atoms with van der Waals surface area (Å²) < 4.78 is 0. The molecule has 0 saturated carbocycles. The fourth-order valence-electron chi connectivity index (χ4n) is 2.27. The van der Waals surface area contributed by atoms with Crippen molar-refractivity contribution >= 4 is 0 Å². The fraction of sp³-hybridized carbons (Fsp3) is 0.571. The van der Waals surface area contributed by atoms with Crippen LogP contribution < -0.4 is 10.6 Å². The van der Waals surface area contributed by atoms with Gasteiger partial charge in [0.1, 0.15) is 0 Å². The van der Waals surface area contributed by atoms with E-state index in [4.69, 9.17) is 0 Å². The molecule has 1 aliphatic rings. The maximum atomic E-state index is 3.53. The Morgan fingerprint density at radius 1 is 1.38 bits per heavy atom. The summed E-state index contributed by atoms with van der Waals surface area (Å²) in [6, 6.07) is 6.68. The zero-order valence-corrected chi connectivity index (χ0v) is 10.3. The Balaban J connectivity index is 2.03. The third-order valence-electron chi connectivity index (χ3n) is 3.11. The first kappa shape index (κ1) is 11.6. The normalized spacial score (nSPS) is 15.2. The summed E-state index contributed by atoms with van der Waals surface area (Å²) in [7, 11) is 0. The van der Waals surface area contributed by atoms with Crippen LogP contribution in [0, 0.1) is 5.92 Å². The van der Waals surface area contributed by atoms with Gasteiger partial charge in [-0.15, -0.1) is 0 Å². The molecule has 0 aromatic heterocycles. The van der Waals surface area contributed by atoms with Gasteiger partial charge in [-0.3, -0.25) is 0 Å². The van der Waals surface area contributed by atoms with E-state index in [1.54, 1.807) is 5.56 Å². The summed E-state index contributed by atoms with van der Waals surface area (Å²) in [5.41, 5.74) is 4.53. The van der Waals surface area contributed by atoms with Gasteiger partial charge < -0.3 is 10.6 Å². The summed E-state index contributed by atoms with van der Waals surface area (Å²) >= 11 is 0. The van der Waals surface area contributed by atoms with Crippen LogP contribution in [0.2, 0.25) is 0 Å². The monoisotopic (exact) mass is 218 g/mol. The van der Waals surface area contributed by atoms with Crippen LogP contribution in [0.5, 0.6) is 0 Å². The van der Waals surface area contributed by atoms with Crippen molar-refractivity contribution in [3.05, 3.63) is 34.9 Å². The van der Waals surface area contributed by atoms with E-state index in [0.29, 0.717) is 0 Å². The zero-order valence-electron chi connectivity index (χ0n) is 10.3. The van der Waals surface area contributed by atoms with Crippen LogP contribution >= 0.6 is 0 Å². The molecule has 0 radical (unpaired) electrons. The van der Waals surface area contributed by atoms with Gasteiger partial charge in [-0.2, -0.15) is 0 Å². The van der Waals surface area contributed by atoms with E-state index in [9.17, 15) is 0 Å². The standard InChI is InChI=1S/C14H22N2/c1-11(2)8-16-10-13-5-3-4-12-9-15-7-6-14(12)13/h3-5,11,15-16H,6-10H2,1-2H3. The highest BCUT2D eigenvalue weighted by atomic mass is 14.9. The van der Waals surface area contributed by atoms with Crippen molar-refractivity contribution in [3.8, 4) is 0 Å². The molecule has 0 aliphatic carbocycles. The number of fused-ring (bicyclic) bond motifs is 1. The molecule has 0 atom stereocenters. The molecule has 1 aliphatic heterocycles. The van der Waals surface area contributed by atoms with Crippen LogP contribution in [-0.4, -0.2) is 13.1 Å². The van der Waals surface area contributed by atoms with E-state index in [0.717, 1.165) is 32.1 Å². The summed E-state index contributed by atoms with van der Waals surface area (Å²) in [4.78, 5) is 0. The molecule has 0 fully saturated rings. The predicted octanol–water partition coefficient (Wildman–Crippen LogP) is 2.08. The van der Waals surface area contributed by atoms with E-state index >= 15 is 0 Å². The minimum Gasteiger partial charge on any atom is -0.312 e. The number of nitrogens with one attached hydrogen (secondary N) is 2. The molecule has 0 amide bonds. The smallest absolute Gasteiger partial charge is 0.0208 e. The Kier molecular flexibility index (Phi) is 3.97. The maximum absolute atomic E-state index is 3.53. The van der Waals surface area contributed by atoms with Gasteiger partial charge in [0.15, 0.2) is 0 Å². The molecule has 1 aromatic rings. The molecule has 16 heavy (non-hydrogen) atoms. The molecule has 0 bridgehead atoms. The SMILES string of the molecule is CC(C)CNCc1cccc2c1CCNC2. The average Bonchev–Trinajstić information content (AvgIpc) is 2.29. The fourth-order valence-corrected chi connectivity index (χ4v) is 2.27. The van der Waals surface area contributed by atoms with Gasteiger partial charge in [0.25, 0.3) is 0 Å². The molecule has 2 heteroatoms. The lowest BCUT2D eigenvalue weighted by atomic mass is 9.95. The van der Waals surface area contributed by atoms with Crippen LogP contribution in [0.25, 0.3) is 0 Å². The Morgan fingerprint density at radius 3 is 3.06 bits per heavy atom. The zero-order chi connectivity index (χ0) is 11.4. The Labute approximate surface area is 98.4 Å². The largest absolute Gasteiger partial charge is 0.312 e. The van der Waals surface area contributed by atoms with E-state index in [-0.39, 0.29) is 0 Å². The van der Waals surface area contributed by atoms with Crippen molar-refractivity contribution in [1.29, 1.82) is 0 Å². The van der Waals surface area contributed by atoms with E-state index in [1.165, 1.54) is 17.5 Å². The molecular formula is C14H22N2. The van der Waals surface area contributed by atoms with Crippen molar-refractivity contribution in [3.63, 3.8) is 0 Å². The quantitative estimate of drug-likeness (QED) is 0.808. The van der Waals surface area contributed by atoms with Gasteiger partial charge in [0.05, 0.1) is 0 Å². The second-order valence-corrected chi connectivity index (χ2v) is 5.01. The highest BCUT2D eigenvalue weighted by Crippen LogP contribution is 2.18. The average molecular weight is 218 g/mol. The third-order valence-corrected chi connectivity index (χ3v) is 3.11. The first-order valence-electron chi connectivity index (χ1n) is 6.28. The second-order valence-electron chi connectivity index (χ2n) is 5.01. The minimum atomic E-state index is 0.723.